The van der Waals surface area contributed by atoms with Crippen molar-refractivity contribution < 1.29 is 27.6 Å². The highest BCUT2D eigenvalue weighted by Crippen LogP contribution is 2.28. The molecule has 0 saturated carbocycles. The van der Waals surface area contributed by atoms with E-state index < -0.39 is 12.7 Å². The summed E-state index contributed by atoms with van der Waals surface area (Å²) in [5.41, 5.74) is 1.32. The van der Waals surface area contributed by atoms with Gasteiger partial charge in [0, 0.05) is 24.0 Å². The van der Waals surface area contributed by atoms with Crippen LogP contribution in [-0.2, 0) is 11.2 Å². The molecule has 0 bridgehead atoms. The van der Waals surface area contributed by atoms with Crippen LogP contribution in [-0.4, -0.2) is 29.8 Å². The smallest absolute Gasteiger partial charge is 0.387 e. The van der Waals surface area contributed by atoms with E-state index in [4.69, 9.17) is 9.26 Å². The Kier molecular flexibility index (Phi) is 8.13. The molecule has 1 heterocycles. The van der Waals surface area contributed by atoms with Crippen molar-refractivity contribution in [2.24, 2.45) is 0 Å². The number of rotatable bonds is 11. The van der Waals surface area contributed by atoms with Crippen molar-refractivity contribution in [3.05, 3.63) is 60.0 Å². The van der Waals surface area contributed by atoms with Gasteiger partial charge in [-0.25, -0.2) is 0 Å². The molecule has 1 aromatic heterocycles. The number of hydrogen-bond acceptors (Lipinski definition) is 6. The fourth-order valence-corrected chi connectivity index (χ4v) is 3.25. The number of methoxy groups -OCH3 is 1. The first-order valence-corrected chi connectivity index (χ1v) is 10.3. The second kappa shape index (κ2) is 11.2. The van der Waals surface area contributed by atoms with E-state index in [0.29, 0.717) is 36.5 Å². The molecule has 0 radical (unpaired) electrons. The number of para-hydroxylation sites is 1. The summed E-state index contributed by atoms with van der Waals surface area (Å²) in [4.78, 5) is 16.8. The molecular weight excluding hydrogens is 420 g/mol. The first-order valence-electron chi connectivity index (χ1n) is 10.3. The van der Waals surface area contributed by atoms with Gasteiger partial charge in [0.05, 0.1) is 13.2 Å². The van der Waals surface area contributed by atoms with E-state index in [-0.39, 0.29) is 18.1 Å². The van der Waals surface area contributed by atoms with E-state index in [9.17, 15) is 13.6 Å². The van der Waals surface area contributed by atoms with E-state index in [1.165, 1.54) is 6.07 Å². The fourth-order valence-electron chi connectivity index (χ4n) is 3.25. The van der Waals surface area contributed by atoms with Gasteiger partial charge in [-0.3, -0.25) is 4.79 Å². The number of nitrogens with zero attached hydrogens (tertiary/aromatic N) is 2. The molecule has 0 spiro atoms. The quantitative estimate of drug-likeness (QED) is 0.450. The van der Waals surface area contributed by atoms with Gasteiger partial charge < -0.3 is 19.3 Å². The lowest BCUT2D eigenvalue weighted by molar-refractivity contribution is -0.122. The predicted octanol–water partition coefficient (Wildman–Crippen LogP) is 4.94. The first kappa shape index (κ1) is 23.2. The van der Waals surface area contributed by atoms with Crippen molar-refractivity contribution in [2.75, 3.05) is 7.11 Å². The Morgan fingerprint density at radius 2 is 1.91 bits per heavy atom. The molecule has 170 valence electrons. The van der Waals surface area contributed by atoms with Crippen LogP contribution in [0.5, 0.6) is 11.5 Å². The summed E-state index contributed by atoms with van der Waals surface area (Å²) in [6.07, 6.45) is 1.71. The van der Waals surface area contributed by atoms with Gasteiger partial charge in [0.1, 0.15) is 11.5 Å². The predicted molar refractivity (Wildman–Crippen MR) is 113 cm³/mol. The number of hydrogen-bond donors (Lipinski definition) is 1. The molecule has 1 unspecified atom stereocenters. The molecule has 3 rings (SSSR count). The molecule has 0 aliphatic carbocycles. The lowest BCUT2D eigenvalue weighted by Crippen LogP contribution is -2.28. The van der Waals surface area contributed by atoms with Gasteiger partial charge in [0.25, 0.3) is 0 Å². The van der Waals surface area contributed by atoms with Gasteiger partial charge in [0.15, 0.2) is 0 Å². The summed E-state index contributed by atoms with van der Waals surface area (Å²) in [7, 11) is 1.59. The zero-order valence-electron chi connectivity index (χ0n) is 17.9. The van der Waals surface area contributed by atoms with Crippen molar-refractivity contribution in [3.8, 4) is 22.9 Å². The largest absolute Gasteiger partial charge is 0.497 e. The molecule has 3 aromatic rings. The van der Waals surface area contributed by atoms with Gasteiger partial charge >= 0.3 is 6.61 Å². The third-order valence-corrected chi connectivity index (χ3v) is 4.86. The third-order valence-electron chi connectivity index (χ3n) is 4.86. The zero-order valence-corrected chi connectivity index (χ0v) is 17.9. The van der Waals surface area contributed by atoms with E-state index in [2.05, 4.69) is 20.2 Å². The average Bonchev–Trinajstić information content (AvgIpc) is 3.26. The summed E-state index contributed by atoms with van der Waals surface area (Å²) in [5, 5.41) is 6.85. The summed E-state index contributed by atoms with van der Waals surface area (Å²) < 4.78 is 40.3. The highest BCUT2D eigenvalue weighted by atomic mass is 19.3. The molecule has 1 amide bonds. The lowest BCUT2D eigenvalue weighted by atomic mass is 10.0. The van der Waals surface area contributed by atoms with E-state index >= 15 is 0 Å². The number of aryl methyl sites for hydroxylation is 1. The van der Waals surface area contributed by atoms with Crippen LogP contribution in [0.3, 0.4) is 0 Å². The summed E-state index contributed by atoms with van der Waals surface area (Å²) in [6, 6.07) is 13.3. The number of nitrogens with one attached hydrogen (secondary N) is 1. The standard InChI is InChI=1S/C23H25F2N3O4/c1-3-18(17-7-4-5-8-19(17)31-23(24)25)26-20(29)9-6-10-21-27-22(28-32-21)15-11-13-16(30-2)14-12-15/h4-5,7-8,11-14,18,23H,3,6,9-10H2,1-2H3,(H,26,29). The number of aromatic nitrogens is 2. The second-order valence-corrected chi connectivity index (χ2v) is 7.04. The molecule has 1 N–H and O–H groups in total. The summed E-state index contributed by atoms with van der Waals surface area (Å²) in [5.74, 6) is 1.50. The van der Waals surface area contributed by atoms with Crippen LogP contribution in [0.1, 0.15) is 43.7 Å². The van der Waals surface area contributed by atoms with Crippen molar-refractivity contribution >= 4 is 5.91 Å². The van der Waals surface area contributed by atoms with Gasteiger partial charge in [-0.2, -0.15) is 13.8 Å². The van der Waals surface area contributed by atoms with Gasteiger partial charge in [-0.05, 0) is 43.2 Å². The average molecular weight is 445 g/mol. The third kappa shape index (κ3) is 6.26. The second-order valence-electron chi connectivity index (χ2n) is 7.04. The Labute approximate surface area is 184 Å². The first-order chi connectivity index (χ1) is 15.5. The number of carbonyl (C=O) groups is 1. The van der Waals surface area contributed by atoms with E-state index in [0.717, 1.165) is 11.3 Å². The maximum atomic E-state index is 12.7. The van der Waals surface area contributed by atoms with Crippen LogP contribution >= 0.6 is 0 Å². The molecular formula is C23H25F2N3O4. The van der Waals surface area contributed by atoms with Gasteiger partial charge in [0.2, 0.25) is 17.6 Å². The van der Waals surface area contributed by atoms with Crippen LogP contribution in [0.2, 0.25) is 0 Å². The number of alkyl halides is 2. The molecule has 1 atom stereocenters. The van der Waals surface area contributed by atoms with Crippen molar-refractivity contribution in [1.82, 2.24) is 15.5 Å². The number of benzene rings is 2. The number of amides is 1. The Hall–Kier alpha value is -3.49. The maximum Gasteiger partial charge on any atom is 0.387 e. The van der Waals surface area contributed by atoms with Crippen LogP contribution < -0.4 is 14.8 Å². The molecule has 9 heteroatoms. The minimum absolute atomic E-state index is 0.0616. The van der Waals surface area contributed by atoms with Gasteiger partial charge in [-0.15, -0.1) is 0 Å². The highest BCUT2D eigenvalue weighted by Gasteiger charge is 2.19. The normalized spacial score (nSPS) is 11.9. The van der Waals surface area contributed by atoms with E-state index in [1.54, 1.807) is 25.3 Å². The molecule has 0 aliphatic rings. The Bertz CT molecular complexity index is 1010. The molecule has 32 heavy (non-hydrogen) atoms. The molecule has 0 aliphatic heterocycles. The Morgan fingerprint density at radius 1 is 1.16 bits per heavy atom. The van der Waals surface area contributed by atoms with Crippen molar-refractivity contribution in [2.45, 2.75) is 45.3 Å². The molecule has 7 nitrogen and oxygen atoms in total. The minimum atomic E-state index is -2.93. The number of halogens is 2. The fraction of sp³-hybridized carbons (Fsp3) is 0.348. The maximum absolute atomic E-state index is 12.7. The SMILES string of the molecule is CCC(NC(=O)CCCc1nc(-c2ccc(OC)cc2)no1)c1ccccc1OC(F)F. The molecule has 2 aromatic carbocycles. The van der Waals surface area contributed by atoms with Crippen LogP contribution in [0.4, 0.5) is 8.78 Å². The Morgan fingerprint density at radius 3 is 2.59 bits per heavy atom. The molecule has 0 fully saturated rings. The van der Waals surface area contributed by atoms with Crippen LogP contribution in [0, 0.1) is 0 Å². The molecule has 0 saturated heterocycles. The monoisotopic (exact) mass is 445 g/mol. The minimum Gasteiger partial charge on any atom is -0.497 e. The number of carbonyl (C=O) groups excluding carboxylic acids is 1. The lowest BCUT2D eigenvalue weighted by Gasteiger charge is -2.20. The Balaban J connectivity index is 1.52. The van der Waals surface area contributed by atoms with Crippen molar-refractivity contribution in [3.63, 3.8) is 0 Å². The summed E-state index contributed by atoms with van der Waals surface area (Å²) >= 11 is 0. The zero-order chi connectivity index (χ0) is 22.9. The van der Waals surface area contributed by atoms with Crippen molar-refractivity contribution in [1.29, 1.82) is 0 Å². The highest BCUT2D eigenvalue weighted by molar-refractivity contribution is 5.76. The topological polar surface area (TPSA) is 86.5 Å². The van der Waals surface area contributed by atoms with Crippen LogP contribution in [0.25, 0.3) is 11.4 Å². The van der Waals surface area contributed by atoms with Gasteiger partial charge in [-0.1, -0.05) is 30.3 Å². The number of ether oxygens (including phenoxy) is 2. The summed E-state index contributed by atoms with van der Waals surface area (Å²) in [6.45, 7) is -1.06. The van der Waals surface area contributed by atoms with Crippen LogP contribution in [0.15, 0.2) is 53.1 Å². The van der Waals surface area contributed by atoms with E-state index in [1.807, 2.05) is 31.2 Å².